The number of nitrogens with two attached hydrogens (primary N) is 1. The zero-order valence-electron chi connectivity index (χ0n) is 11.9. The molecule has 0 aromatic carbocycles. The molecule has 1 amide bonds. The topological polar surface area (TPSA) is 103 Å². The second-order valence-corrected chi connectivity index (χ2v) is 4.87. The number of primary amides is 1. The molecule has 0 fully saturated rings. The number of carbonyl (C=O) groups excluding carboxylic acids is 1. The molecule has 0 aliphatic carbocycles. The van der Waals surface area contributed by atoms with Crippen molar-refractivity contribution in [3.05, 3.63) is 24.0 Å². The number of anilines is 1. The smallest absolute Gasteiger partial charge is 0.268 e. The van der Waals surface area contributed by atoms with E-state index in [4.69, 9.17) is 5.73 Å². The molecule has 2 rings (SSSR count). The first kappa shape index (κ1) is 13.9. The van der Waals surface area contributed by atoms with Crippen LogP contribution in [-0.2, 0) is 0 Å². The Labute approximate surface area is 116 Å². The van der Waals surface area contributed by atoms with Gasteiger partial charge >= 0.3 is 0 Å². The number of carbonyl (C=O) groups is 1. The number of nitrogens with zero attached hydrogens (tertiary/aromatic N) is 6. The number of imidazole rings is 1. The molecule has 2 heterocycles. The van der Waals surface area contributed by atoms with E-state index in [1.165, 1.54) is 12.5 Å². The van der Waals surface area contributed by atoms with E-state index >= 15 is 0 Å². The van der Waals surface area contributed by atoms with Crippen LogP contribution in [0.15, 0.2) is 12.5 Å². The Morgan fingerprint density at radius 2 is 2.00 bits per heavy atom. The van der Waals surface area contributed by atoms with Crippen LogP contribution >= 0.6 is 0 Å². The van der Waals surface area contributed by atoms with Gasteiger partial charge in [0.15, 0.2) is 0 Å². The molecule has 0 aliphatic rings. The summed E-state index contributed by atoms with van der Waals surface area (Å²) >= 11 is 0. The fourth-order valence-electron chi connectivity index (χ4n) is 1.50. The third-order valence-electron chi connectivity index (χ3n) is 2.61. The van der Waals surface area contributed by atoms with Gasteiger partial charge in [0.25, 0.3) is 5.91 Å². The fraction of sp³-hybridized carbons (Fsp3) is 0.417. The molecule has 0 bridgehead atoms. The maximum atomic E-state index is 11.1. The van der Waals surface area contributed by atoms with Crippen molar-refractivity contribution >= 4 is 11.9 Å². The molecule has 0 saturated carbocycles. The number of rotatable bonds is 4. The van der Waals surface area contributed by atoms with Gasteiger partial charge in [0, 0.05) is 26.2 Å². The van der Waals surface area contributed by atoms with E-state index in [2.05, 4.69) is 19.9 Å². The lowest BCUT2D eigenvalue weighted by molar-refractivity contribution is 0.0996. The lowest BCUT2D eigenvalue weighted by Gasteiger charge is -2.14. The van der Waals surface area contributed by atoms with Gasteiger partial charge in [0.2, 0.25) is 11.9 Å². The molecule has 20 heavy (non-hydrogen) atoms. The molecule has 0 spiro atoms. The zero-order valence-corrected chi connectivity index (χ0v) is 11.9. The summed E-state index contributed by atoms with van der Waals surface area (Å²) in [4.78, 5) is 29.9. The molecular formula is C12H17N7O. The van der Waals surface area contributed by atoms with Gasteiger partial charge in [-0.2, -0.15) is 15.0 Å². The molecule has 0 atom stereocenters. The first-order valence-corrected chi connectivity index (χ1v) is 6.16. The lowest BCUT2D eigenvalue weighted by Crippen LogP contribution is -2.17. The largest absolute Gasteiger partial charge is 0.364 e. The Morgan fingerprint density at radius 3 is 2.50 bits per heavy atom. The lowest BCUT2D eigenvalue weighted by atomic mass is 10.2. The van der Waals surface area contributed by atoms with E-state index in [-0.39, 0.29) is 11.6 Å². The van der Waals surface area contributed by atoms with Gasteiger partial charge in [0.05, 0.1) is 0 Å². The Bertz CT molecular complexity index is 606. The van der Waals surface area contributed by atoms with Crippen LogP contribution in [0, 0.1) is 0 Å². The van der Waals surface area contributed by atoms with Gasteiger partial charge in [-0.1, -0.05) is 13.8 Å². The van der Waals surface area contributed by atoms with Crippen LogP contribution < -0.4 is 10.6 Å². The highest BCUT2D eigenvalue weighted by Gasteiger charge is 2.13. The number of aromatic nitrogens is 5. The van der Waals surface area contributed by atoms with Crippen molar-refractivity contribution in [2.45, 2.75) is 19.8 Å². The van der Waals surface area contributed by atoms with Gasteiger partial charge in [-0.3, -0.25) is 9.36 Å². The van der Waals surface area contributed by atoms with E-state index in [1.807, 2.05) is 27.9 Å². The predicted molar refractivity (Wildman–Crippen MR) is 73.9 cm³/mol. The van der Waals surface area contributed by atoms with Gasteiger partial charge < -0.3 is 10.6 Å². The molecule has 0 radical (unpaired) electrons. The molecule has 2 N–H and O–H groups in total. The van der Waals surface area contributed by atoms with Gasteiger partial charge in [-0.15, -0.1) is 0 Å². The normalized spacial score (nSPS) is 10.8. The van der Waals surface area contributed by atoms with Crippen LogP contribution in [-0.4, -0.2) is 44.5 Å². The van der Waals surface area contributed by atoms with Gasteiger partial charge in [-0.25, -0.2) is 4.98 Å². The Morgan fingerprint density at radius 1 is 1.30 bits per heavy atom. The van der Waals surface area contributed by atoms with Crippen molar-refractivity contribution < 1.29 is 4.79 Å². The first-order chi connectivity index (χ1) is 9.38. The first-order valence-electron chi connectivity index (χ1n) is 6.16. The molecule has 0 saturated heterocycles. The zero-order chi connectivity index (χ0) is 14.9. The summed E-state index contributed by atoms with van der Waals surface area (Å²) in [6, 6.07) is 0. The quantitative estimate of drug-likeness (QED) is 0.863. The average molecular weight is 275 g/mol. The van der Waals surface area contributed by atoms with E-state index in [0.717, 1.165) is 0 Å². The van der Waals surface area contributed by atoms with Crippen molar-refractivity contribution in [1.29, 1.82) is 0 Å². The maximum Gasteiger partial charge on any atom is 0.268 e. The molecule has 106 valence electrons. The molecular weight excluding hydrogens is 258 g/mol. The third kappa shape index (κ3) is 2.73. The molecule has 8 nitrogen and oxygen atoms in total. The van der Waals surface area contributed by atoms with Crippen molar-refractivity contribution in [2.24, 2.45) is 5.73 Å². The highest BCUT2D eigenvalue weighted by molar-refractivity contribution is 5.90. The highest BCUT2D eigenvalue weighted by atomic mass is 16.1. The summed E-state index contributed by atoms with van der Waals surface area (Å²) in [6.07, 6.45) is 2.96. The Balaban J connectivity index is 2.51. The van der Waals surface area contributed by atoms with E-state index < -0.39 is 5.91 Å². The minimum atomic E-state index is -0.588. The minimum absolute atomic E-state index is 0.162. The minimum Gasteiger partial charge on any atom is -0.364 e. The molecule has 8 heteroatoms. The summed E-state index contributed by atoms with van der Waals surface area (Å²) in [5.74, 6) is 1.21. The monoisotopic (exact) mass is 275 g/mol. The Hall–Kier alpha value is -2.51. The van der Waals surface area contributed by atoms with Crippen molar-refractivity contribution in [3.8, 4) is 5.95 Å². The summed E-state index contributed by atoms with van der Waals surface area (Å²) in [5, 5.41) is 0. The van der Waals surface area contributed by atoms with Crippen LogP contribution in [0.3, 0.4) is 0 Å². The summed E-state index contributed by atoms with van der Waals surface area (Å²) in [6.45, 7) is 4.00. The summed E-state index contributed by atoms with van der Waals surface area (Å²) < 4.78 is 1.56. The molecule has 0 unspecified atom stereocenters. The van der Waals surface area contributed by atoms with E-state index in [9.17, 15) is 4.79 Å². The molecule has 2 aromatic rings. The number of hydrogen-bond acceptors (Lipinski definition) is 6. The van der Waals surface area contributed by atoms with Crippen molar-refractivity contribution in [2.75, 3.05) is 19.0 Å². The number of hydrogen-bond donors (Lipinski definition) is 1. The van der Waals surface area contributed by atoms with E-state index in [1.54, 1.807) is 9.47 Å². The van der Waals surface area contributed by atoms with Gasteiger partial charge in [-0.05, 0) is 0 Å². The van der Waals surface area contributed by atoms with Crippen LogP contribution in [0.2, 0.25) is 0 Å². The number of amides is 1. The maximum absolute atomic E-state index is 11.1. The molecule has 0 aliphatic heterocycles. The Kier molecular flexibility index (Phi) is 3.64. The van der Waals surface area contributed by atoms with Crippen LogP contribution in [0.25, 0.3) is 5.95 Å². The summed E-state index contributed by atoms with van der Waals surface area (Å²) in [5.41, 5.74) is 5.35. The summed E-state index contributed by atoms with van der Waals surface area (Å²) in [7, 11) is 3.71. The van der Waals surface area contributed by atoms with Crippen molar-refractivity contribution in [1.82, 2.24) is 24.5 Å². The fourth-order valence-corrected chi connectivity index (χ4v) is 1.50. The van der Waals surface area contributed by atoms with Crippen LogP contribution in [0.1, 0.15) is 36.1 Å². The SMILES string of the molecule is CC(C)c1nc(N(C)C)nc(-n2cnc(C(N)=O)c2)n1. The van der Waals surface area contributed by atoms with Crippen LogP contribution in [0.5, 0.6) is 0 Å². The van der Waals surface area contributed by atoms with Crippen molar-refractivity contribution in [3.63, 3.8) is 0 Å². The second kappa shape index (κ2) is 5.24. The molecule has 2 aromatic heterocycles. The van der Waals surface area contributed by atoms with Gasteiger partial charge in [0.1, 0.15) is 17.8 Å². The highest BCUT2D eigenvalue weighted by Crippen LogP contribution is 2.15. The second-order valence-electron chi connectivity index (χ2n) is 4.87. The predicted octanol–water partition coefficient (Wildman–Crippen LogP) is 0.346. The average Bonchev–Trinajstić information content (AvgIpc) is 2.87. The van der Waals surface area contributed by atoms with E-state index in [0.29, 0.717) is 17.7 Å². The standard InChI is InChI=1S/C12H17N7O/c1-7(2)10-15-11(18(3)4)17-12(16-10)19-5-8(9(13)20)14-6-19/h5-7H,1-4H3,(H2,13,20). The third-order valence-corrected chi connectivity index (χ3v) is 2.61. The van der Waals surface area contributed by atoms with Crippen LogP contribution in [0.4, 0.5) is 5.95 Å².